The molecule has 1 fully saturated rings. The molecule has 1 saturated heterocycles. The van der Waals surface area contributed by atoms with Gasteiger partial charge in [0.25, 0.3) is 5.91 Å². The predicted octanol–water partition coefficient (Wildman–Crippen LogP) is 3.11. The summed E-state index contributed by atoms with van der Waals surface area (Å²) in [6, 6.07) is 12.8. The summed E-state index contributed by atoms with van der Waals surface area (Å²) in [6.07, 6.45) is 4.17. The fourth-order valence-electron chi connectivity index (χ4n) is 3.70. The average molecular weight is 392 g/mol. The number of aromatic nitrogens is 3. The minimum absolute atomic E-state index is 0.000396. The molecule has 4 rings (SSSR count). The van der Waals surface area contributed by atoms with Crippen LogP contribution in [-0.4, -0.2) is 50.9 Å². The summed E-state index contributed by atoms with van der Waals surface area (Å²) in [5.74, 6) is 1.92. The second-order valence-corrected chi connectivity index (χ2v) is 7.23. The van der Waals surface area contributed by atoms with Crippen LogP contribution in [0.1, 0.15) is 48.3 Å². The number of pyridine rings is 1. The molecule has 3 heterocycles. The van der Waals surface area contributed by atoms with Crippen molar-refractivity contribution in [3.05, 3.63) is 60.0 Å². The highest BCUT2D eigenvalue weighted by Crippen LogP contribution is 2.27. The smallest absolute Gasteiger partial charge is 0.260 e. The Morgan fingerprint density at radius 1 is 1.07 bits per heavy atom. The van der Waals surface area contributed by atoms with E-state index < -0.39 is 0 Å². The number of ketones is 1. The van der Waals surface area contributed by atoms with Gasteiger partial charge in [-0.2, -0.15) is 0 Å². The fourth-order valence-corrected chi connectivity index (χ4v) is 3.70. The first-order chi connectivity index (χ1) is 14.2. The second kappa shape index (κ2) is 8.43. The van der Waals surface area contributed by atoms with Gasteiger partial charge in [0.1, 0.15) is 11.6 Å². The van der Waals surface area contributed by atoms with Crippen LogP contribution in [0.2, 0.25) is 0 Å². The van der Waals surface area contributed by atoms with E-state index in [9.17, 15) is 9.59 Å². The normalized spacial score (nSPS) is 14.9. The number of benzene rings is 1. The quantitative estimate of drug-likeness (QED) is 0.603. The molecular weight excluding hydrogens is 368 g/mol. The van der Waals surface area contributed by atoms with Crippen molar-refractivity contribution in [1.82, 2.24) is 19.5 Å². The van der Waals surface area contributed by atoms with E-state index in [0.29, 0.717) is 36.7 Å². The molecule has 7 nitrogen and oxygen atoms in total. The lowest BCUT2D eigenvalue weighted by Crippen LogP contribution is -2.40. The first-order valence-electron chi connectivity index (χ1n) is 9.99. The number of likely N-dealkylation sites (tertiary alicyclic amines) is 1. The maximum atomic E-state index is 12.5. The molecule has 0 saturated carbocycles. The highest BCUT2D eigenvalue weighted by atomic mass is 16.5. The molecule has 0 bridgehead atoms. The van der Waals surface area contributed by atoms with Crippen LogP contribution < -0.4 is 4.74 Å². The van der Waals surface area contributed by atoms with Crippen LogP contribution in [-0.2, 0) is 4.79 Å². The number of hydrogen-bond donors (Lipinski definition) is 0. The summed E-state index contributed by atoms with van der Waals surface area (Å²) in [6.45, 7) is 3.19. The van der Waals surface area contributed by atoms with E-state index in [1.165, 1.54) is 0 Å². The number of rotatable bonds is 6. The SMILES string of the molecule is CCC(=O)c1ccc(OCC(=O)N2CCC(c3nnc4ccccn34)CC2)cc1. The highest BCUT2D eigenvalue weighted by molar-refractivity contribution is 5.95. The first-order valence-corrected chi connectivity index (χ1v) is 9.99. The van der Waals surface area contributed by atoms with Crippen molar-refractivity contribution >= 4 is 17.3 Å². The lowest BCUT2D eigenvalue weighted by atomic mass is 9.96. The molecule has 0 unspecified atom stereocenters. The van der Waals surface area contributed by atoms with Crippen LogP contribution in [0.15, 0.2) is 48.7 Å². The molecule has 1 aliphatic rings. The van der Waals surface area contributed by atoms with Crippen molar-refractivity contribution in [2.24, 2.45) is 0 Å². The summed E-state index contributed by atoms with van der Waals surface area (Å²) in [7, 11) is 0. The minimum atomic E-state index is -0.0248. The van der Waals surface area contributed by atoms with Crippen molar-refractivity contribution in [2.75, 3.05) is 19.7 Å². The number of ether oxygens (including phenoxy) is 1. The first kappa shape index (κ1) is 19.1. The Morgan fingerprint density at radius 2 is 1.83 bits per heavy atom. The highest BCUT2D eigenvalue weighted by Gasteiger charge is 2.27. The molecular formula is C22H24N4O3. The van der Waals surface area contributed by atoms with E-state index in [0.717, 1.165) is 24.3 Å². The van der Waals surface area contributed by atoms with Gasteiger partial charge in [-0.15, -0.1) is 10.2 Å². The van der Waals surface area contributed by atoms with Gasteiger partial charge in [-0.3, -0.25) is 14.0 Å². The van der Waals surface area contributed by atoms with E-state index in [2.05, 4.69) is 10.2 Å². The Bertz CT molecular complexity index is 1000. The maximum Gasteiger partial charge on any atom is 0.260 e. The molecule has 3 aromatic rings. The summed E-state index contributed by atoms with van der Waals surface area (Å²) < 4.78 is 7.64. The molecule has 0 N–H and O–H groups in total. The summed E-state index contributed by atoms with van der Waals surface area (Å²) in [5.41, 5.74) is 1.51. The van der Waals surface area contributed by atoms with Crippen LogP contribution >= 0.6 is 0 Å². The van der Waals surface area contributed by atoms with Gasteiger partial charge in [0, 0.05) is 37.2 Å². The zero-order chi connectivity index (χ0) is 20.2. The Kier molecular flexibility index (Phi) is 5.55. The van der Waals surface area contributed by atoms with Crippen molar-refractivity contribution in [3.63, 3.8) is 0 Å². The minimum Gasteiger partial charge on any atom is -0.484 e. The maximum absolute atomic E-state index is 12.5. The molecule has 0 spiro atoms. The lowest BCUT2D eigenvalue weighted by molar-refractivity contribution is -0.134. The fraction of sp³-hybridized carbons (Fsp3) is 0.364. The van der Waals surface area contributed by atoms with Gasteiger partial charge in [0.15, 0.2) is 18.0 Å². The van der Waals surface area contributed by atoms with Crippen LogP contribution in [0.4, 0.5) is 0 Å². The summed E-state index contributed by atoms with van der Waals surface area (Å²) in [5, 5.41) is 8.58. The number of amides is 1. The van der Waals surface area contributed by atoms with Crippen molar-refractivity contribution in [1.29, 1.82) is 0 Å². The summed E-state index contributed by atoms with van der Waals surface area (Å²) in [4.78, 5) is 26.0. The van der Waals surface area contributed by atoms with Crippen LogP contribution in [0.5, 0.6) is 5.75 Å². The second-order valence-electron chi connectivity index (χ2n) is 7.23. The van der Waals surface area contributed by atoms with E-state index in [-0.39, 0.29) is 18.3 Å². The molecule has 29 heavy (non-hydrogen) atoms. The Balaban J connectivity index is 1.29. The largest absolute Gasteiger partial charge is 0.484 e. The average Bonchev–Trinajstić information content (AvgIpc) is 3.21. The zero-order valence-corrected chi connectivity index (χ0v) is 16.5. The van der Waals surface area contributed by atoms with E-state index in [1.807, 2.05) is 40.6 Å². The molecule has 1 amide bonds. The van der Waals surface area contributed by atoms with Crippen LogP contribution in [0.3, 0.4) is 0 Å². The third-order valence-electron chi connectivity index (χ3n) is 5.41. The molecule has 0 aliphatic carbocycles. The number of carbonyl (C=O) groups excluding carboxylic acids is 2. The Hall–Kier alpha value is -3.22. The summed E-state index contributed by atoms with van der Waals surface area (Å²) >= 11 is 0. The standard InChI is InChI=1S/C22H24N4O3/c1-2-19(27)16-6-8-18(9-7-16)29-15-21(28)25-13-10-17(11-14-25)22-24-23-20-5-3-4-12-26(20)22/h3-9,12,17H,2,10-11,13-15H2,1H3. The number of hydrogen-bond acceptors (Lipinski definition) is 5. The van der Waals surface area contributed by atoms with Gasteiger partial charge in [-0.05, 0) is 49.2 Å². The topological polar surface area (TPSA) is 76.8 Å². The molecule has 1 aliphatic heterocycles. The van der Waals surface area contributed by atoms with Crippen molar-refractivity contribution < 1.29 is 14.3 Å². The molecule has 2 aromatic heterocycles. The Labute approximate surface area is 169 Å². The monoisotopic (exact) mass is 392 g/mol. The van der Waals surface area contributed by atoms with Gasteiger partial charge in [-0.25, -0.2) is 0 Å². The molecule has 0 atom stereocenters. The number of Topliss-reactive ketones (excluding diaryl/α,β-unsaturated/α-hetero) is 1. The zero-order valence-electron chi connectivity index (χ0n) is 16.5. The van der Waals surface area contributed by atoms with Gasteiger partial charge < -0.3 is 9.64 Å². The molecule has 0 radical (unpaired) electrons. The van der Waals surface area contributed by atoms with Crippen LogP contribution in [0.25, 0.3) is 5.65 Å². The Morgan fingerprint density at radius 3 is 2.55 bits per heavy atom. The third-order valence-corrected chi connectivity index (χ3v) is 5.41. The number of piperidine rings is 1. The third kappa shape index (κ3) is 4.13. The van der Waals surface area contributed by atoms with Gasteiger partial charge in [0.2, 0.25) is 0 Å². The van der Waals surface area contributed by atoms with Gasteiger partial charge in [0.05, 0.1) is 0 Å². The number of carbonyl (C=O) groups is 2. The van der Waals surface area contributed by atoms with Crippen molar-refractivity contribution in [2.45, 2.75) is 32.1 Å². The number of nitrogens with zero attached hydrogens (tertiary/aromatic N) is 4. The molecule has 150 valence electrons. The van der Waals surface area contributed by atoms with Gasteiger partial charge in [-0.1, -0.05) is 13.0 Å². The van der Waals surface area contributed by atoms with Gasteiger partial charge >= 0.3 is 0 Å². The number of fused-ring (bicyclic) bond motifs is 1. The van der Waals surface area contributed by atoms with E-state index >= 15 is 0 Å². The predicted molar refractivity (Wildman–Crippen MR) is 108 cm³/mol. The molecule has 1 aromatic carbocycles. The van der Waals surface area contributed by atoms with E-state index in [1.54, 1.807) is 24.3 Å². The van der Waals surface area contributed by atoms with E-state index in [4.69, 9.17) is 4.74 Å². The van der Waals surface area contributed by atoms with Crippen molar-refractivity contribution in [3.8, 4) is 5.75 Å². The molecule has 7 heteroatoms. The van der Waals surface area contributed by atoms with Crippen LogP contribution in [0, 0.1) is 0 Å². The lowest BCUT2D eigenvalue weighted by Gasteiger charge is -2.31.